The number of carbonyl (C=O) groups excluding carboxylic acids is 1. The van der Waals surface area contributed by atoms with Gasteiger partial charge in [-0.25, -0.2) is 4.99 Å². The molecule has 1 unspecified atom stereocenters. The summed E-state index contributed by atoms with van der Waals surface area (Å²) < 4.78 is 0. The van der Waals surface area contributed by atoms with E-state index in [1.807, 2.05) is 0 Å². The zero-order chi connectivity index (χ0) is 8.10. The van der Waals surface area contributed by atoms with Gasteiger partial charge in [0.25, 0.3) is 0 Å². The lowest BCUT2D eigenvalue weighted by Crippen LogP contribution is -2.44. The molecule has 0 bridgehead atoms. The Hall–Kier alpha value is -0.940. The van der Waals surface area contributed by atoms with Crippen molar-refractivity contribution in [2.45, 2.75) is 12.6 Å². The summed E-state index contributed by atoms with van der Waals surface area (Å²) in [4.78, 5) is 14.0. The van der Waals surface area contributed by atoms with E-state index in [0.29, 0.717) is 6.29 Å². The molecule has 62 valence electrons. The van der Waals surface area contributed by atoms with Crippen molar-refractivity contribution >= 4 is 12.1 Å². The molecule has 0 aliphatic carbocycles. The monoisotopic (exact) mass is 156 g/mol. The molecule has 1 fully saturated rings. The molecule has 4 N–H and O–H groups in total. The largest absolute Gasteiger partial charge is 0.381 e. The number of aldehydes is 1. The first-order chi connectivity index (χ1) is 5.33. The molecule has 1 aliphatic rings. The SMILES string of the molecule is NC(C=O)=NC1CCNCN1. The normalized spacial score (nSPS) is 26.5. The van der Waals surface area contributed by atoms with Gasteiger partial charge >= 0.3 is 0 Å². The molecule has 5 heteroatoms. The number of aliphatic imine (C=N–C) groups is 1. The van der Waals surface area contributed by atoms with Crippen LogP contribution in [0.2, 0.25) is 0 Å². The maximum absolute atomic E-state index is 10.1. The number of hydrogen-bond donors (Lipinski definition) is 3. The van der Waals surface area contributed by atoms with Gasteiger partial charge < -0.3 is 11.1 Å². The summed E-state index contributed by atoms with van der Waals surface area (Å²) in [5.41, 5.74) is 5.23. The Labute approximate surface area is 65.1 Å². The van der Waals surface area contributed by atoms with Crippen LogP contribution < -0.4 is 16.4 Å². The van der Waals surface area contributed by atoms with Gasteiger partial charge in [0, 0.05) is 6.67 Å². The van der Waals surface area contributed by atoms with Gasteiger partial charge in [-0.2, -0.15) is 0 Å². The van der Waals surface area contributed by atoms with E-state index in [2.05, 4.69) is 15.6 Å². The lowest BCUT2D eigenvalue weighted by Gasteiger charge is -2.20. The molecule has 0 radical (unpaired) electrons. The number of nitrogens with two attached hydrogens (primary N) is 1. The maximum Gasteiger partial charge on any atom is 0.184 e. The number of nitrogens with one attached hydrogen (secondary N) is 2. The van der Waals surface area contributed by atoms with Crippen LogP contribution in [-0.2, 0) is 4.79 Å². The molecule has 1 rings (SSSR count). The van der Waals surface area contributed by atoms with Gasteiger partial charge in [0.15, 0.2) is 12.1 Å². The van der Waals surface area contributed by atoms with E-state index in [0.717, 1.165) is 19.6 Å². The van der Waals surface area contributed by atoms with Crippen molar-refractivity contribution in [2.75, 3.05) is 13.2 Å². The van der Waals surface area contributed by atoms with Crippen LogP contribution in [0.15, 0.2) is 4.99 Å². The molecule has 0 aromatic carbocycles. The number of amidine groups is 1. The minimum Gasteiger partial charge on any atom is -0.381 e. The van der Waals surface area contributed by atoms with E-state index in [4.69, 9.17) is 5.73 Å². The van der Waals surface area contributed by atoms with Crippen molar-refractivity contribution in [3.8, 4) is 0 Å². The van der Waals surface area contributed by atoms with E-state index in [-0.39, 0.29) is 12.0 Å². The Morgan fingerprint density at radius 3 is 3.09 bits per heavy atom. The van der Waals surface area contributed by atoms with Crippen LogP contribution in [0.4, 0.5) is 0 Å². The standard InChI is InChI=1S/C6H12N4O/c7-5(3-11)10-6-1-2-8-4-9-6/h3,6,8-9H,1-2,4H2,(H2,7,10). The summed E-state index contributed by atoms with van der Waals surface area (Å²) >= 11 is 0. The molecular weight excluding hydrogens is 144 g/mol. The van der Waals surface area contributed by atoms with E-state index in [9.17, 15) is 4.79 Å². The highest BCUT2D eigenvalue weighted by Crippen LogP contribution is 1.95. The molecule has 0 aromatic heterocycles. The molecule has 0 spiro atoms. The van der Waals surface area contributed by atoms with Crippen LogP contribution in [0.5, 0.6) is 0 Å². The summed E-state index contributed by atoms with van der Waals surface area (Å²) in [5.74, 6) is 0.0596. The first-order valence-electron chi connectivity index (χ1n) is 3.55. The average Bonchev–Trinajstić information content (AvgIpc) is 2.06. The van der Waals surface area contributed by atoms with Gasteiger partial charge in [-0.15, -0.1) is 0 Å². The lowest BCUT2D eigenvalue weighted by molar-refractivity contribution is -0.102. The Balaban J connectivity index is 2.40. The fourth-order valence-corrected chi connectivity index (χ4v) is 0.940. The van der Waals surface area contributed by atoms with Crippen molar-refractivity contribution in [1.82, 2.24) is 10.6 Å². The minimum atomic E-state index is 0.00134. The van der Waals surface area contributed by atoms with E-state index in [1.54, 1.807) is 0 Å². The highest BCUT2D eigenvalue weighted by atomic mass is 16.1. The first kappa shape index (κ1) is 8.16. The topological polar surface area (TPSA) is 79.5 Å². The summed E-state index contributed by atoms with van der Waals surface area (Å²) in [6.45, 7) is 1.63. The highest BCUT2D eigenvalue weighted by molar-refractivity contribution is 6.26. The van der Waals surface area contributed by atoms with Crippen LogP contribution in [-0.4, -0.2) is 31.5 Å². The smallest absolute Gasteiger partial charge is 0.184 e. The molecule has 5 nitrogen and oxygen atoms in total. The van der Waals surface area contributed by atoms with Crippen LogP contribution in [0.3, 0.4) is 0 Å². The third kappa shape index (κ3) is 2.65. The van der Waals surface area contributed by atoms with Crippen molar-refractivity contribution in [3.63, 3.8) is 0 Å². The van der Waals surface area contributed by atoms with Gasteiger partial charge in [-0.05, 0) is 13.0 Å². The van der Waals surface area contributed by atoms with Gasteiger partial charge in [0.05, 0.1) is 0 Å². The third-order valence-electron chi connectivity index (χ3n) is 1.48. The fraction of sp³-hybridized carbons (Fsp3) is 0.667. The summed E-state index contributed by atoms with van der Waals surface area (Å²) in [7, 11) is 0. The number of carbonyl (C=O) groups is 1. The zero-order valence-electron chi connectivity index (χ0n) is 6.21. The van der Waals surface area contributed by atoms with Crippen molar-refractivity contribution in [1.29, 1.82) is 0 Å². The van der Waals surface area contributed by atoms with Crippen LogP contribution in [0.25, 0.3) is 0 Å². The van der Waals surface area contributed by atoms with E-state index >= 15 is 0 Å². The quantitative estimate of drug-likeness (QED) is 0.256. The second-order valence-electron chi connectivity index (χ2n) is 2.36. The Morgan fingerprint density at radius 1 is 1.73 bits per heavy atom. The summed E-state index contributed by atoms with van der Waals surface area (Å²) in [6.07, 6.45) is 1.43. The van der Waals surface area contributed by atoms with Gasteiger partial charge in [-0.3, -0.25) is 10.1 Å². The highest BCUT2D eigenvalue weighted by Gasteiger charge is 2.09. The Morgan fingerprint density at radius 2 is 2.55 bits per heavy atom. The molecule has 1 saturated heterocycles. The van der Waals surface area contributed by atoms with Crippen molar-refractivity contribution in [3.05, 3.63) is 0 Å². The number of rotatable bonds is 2. The van der Waals surface area contributed by atoms with E-state index in [1.165, 1.54) is 0 Å². The molecule has 11 heavy (non-hydrogen) atoms. The number of hydrogen-bond acceptors (Lipinski definition) is 4. The van der Waals surface area contributed by atoms with Crippen molar-refractivity contribution in [2.24, 2.45) is 10.7 Å². The van der Waals surface area contributed by atoms with E-state index < -0.39 is 0 Å². The van der Waals surface area contributed by atoms with Crippen LogP contribution >= 0.6 is 0 Å². The molecule has 1 heterocycles. The maximum atomic E-state index is 10.1. The number of nitrogens with zero attached hydrogens (tertiary/aromatic N) is 1. The third-order valence-corrected chi connectivity index (χ3v) is 1.48. The molecule has 0 amide bonds. The summed E-state index contributed by atoms with van der Waals surface area (Å²) in [6, 6.07) is 0. The second kappa shape index (κ2) is 4.05. The molecule has 0 aromatic rings. The molecule has 0 saturated carbocycles. The minimum absolute atomic E-state index is 0.00134. The predicted molar refractivity (Wildman–Crippen MR) is 42.1 cm³/mol. The van der Waals surface area contributed by atoms with Crippen LogP contribution in [0.1, 0.15) is 6.42 Å². The van der Waals surface area contributed by atoms with Crippen molar-refractivity contribution < 1.29 is 4.79 Å². The lowest BCUT2D eigenvalue weighted by atomic mass is 10.3. The average molecular weight is 156 g/mol. The Kier molecular flexibility index (Phi) is 3.00. The molecule has 1 atom stereocenters. The van der Waals surface area contributed by atoms with Gasteiger partial charge in [0.2, 0.25) is 0 Å². The Bertz CT molecular complexity index is 162. The molecule has 1 aliphatic heterocycles. The van der Waals surface area contributed by atoms with Gasteiger partial charge in [-0.1, -0.05) is 0 Å². The summed E-state index contributed by atoms with van der Waals surface area (Å²) in [5, 5.41) is 6.14. The fourth-order valence-electron chi connectivity index (χ4n) is 0.940. The molecular formula is C6H12N4O. The first-order valence-corrected chi connectivity index (χ1v) is 3.55. The second-order valence-corrected chi connectivity index (χ2v) is 2.36. The zero-order valence-corrected chi connectivity index (χ0v) is 6.21. The van der Waals surface area contributed by atoms with Gasteiger partial charge in [0.1, 0.15) is 6.17 Å². The predicted octanol–water partition coefficient (Wildman–Crippen LogP) is -1.59. The van der Waals surface area contributed by atoms with Crippen LogP contribution in [0, 0.1) is 0 Å².